The first-order valence-electron chi connectivity index (χ1n) is 7.04. The third-order valence-corrected chi connectivity index (χ3v) is 2.81. The van der Waals surface area contributed by atoms with E-state index < -0.39 is 0 Å². The van der Waals surface area contributed by atoms with Gasteiger partial charge in [-0.25, -0.2) is 0 Å². The minimum atomic E-state index is -0.336. The van der Waals surface area contributed by atoms with E-state index in [9.17, 15) is 9.59 Å². The fourth-order valence-corrected chi connectivity index (χ4v) is 1.59. The largest absolute Gasteiger partial charge is 0.494 e. The Balaban J connectivity index is 2.00. The third kappa shape index (κ3) is 7.94. The number of nitrogens with two attached hydrogens (primary N) is 1. The molecule has 0 saturated carbocycles. The van der Waals surface area contributed by atoms with Crippen LogP contribution in [-0.4, -0.2) is 38.1 Å². The number of rotatable bonds is 9. The van der Waals surface area contributed by atoms with Gasteiger partial charge in [0.05, 0.1) is 19.7 Å². The number of hydrogen-bond donors (Lipinski definition) is 3. The molecule has 0 unspecified atom stereocenters. The van der Waals surface area contributed by atoms with Crippen LogP contribution in [0.15, 0.2) is 24.3 Å². The molecular formula is C15H23N3O3. The molecule has 0 aliphatic heterocycles. The highest BCUT2D eigenvalue weighted by molar-refractivity contribution is 5.85. The highest BCUT2D eigenvalue weighted by Gasteiger charge is 2.02. The van der Waals surface area contributed by atoms with Gasteiger partial charge in [-0.15, -0.1) is 0 Å². The van der Waals surface area contributed by atoms with Crippen LogP contribution in [0.25, 0.3) is 0 Å². The van der Waals surface area contributed by atoms with E-state index in [4.69, 9.17) is 10.5 Å². The number of ether oxygens (including phenoxy) is 1. The zero-order chi connectivity index (χ0) is 15.5. The van der Waals surface area contributed by atoms with Crippen LogP contribution in [0.1, 0.15) is 18.4 Å². The van der Waals surface area contributed by atoms with Gasteiger partial charge in [0, 0.05) is 6.54 Å². The van der Waals surface area contributed by atoms with Gasteiger partial charge >= 0.3 is 0 Å². The minimum Gasteiger partial charge on any atom is -0.494 e. The molecule has 0 heterocycles. The standard InChI is InChI=1S/C15H23N3O3/c1-12-4-6-13(7-5-12)21-9-3-2-8-17-15(20)11-18-14(19)10-16/h4-7H,2-3,8-11,16H2,1H3,(H,17,20)(H,18,19). The molecule has 0 aliphatic rings. The van der Waals surface area contributed by atoms with Crippen LogP contribution in [0.3, 0.4) is 0 Å². The summed E-state index contributed by atoms with van der Waals surface area (Å²) in [6.07, 6.45) is 1.67. The molecule has 0 bridgehead atoms. The van der Waals surface area contributed by atoms with Crippen molar-refractivity contribution in [2.45, 2.75) is 19.8 Å². The summed E-state index contributed by atoms with van der Waals surface area (Å²) in [5.41, 5.74) is 6.31. The number of aryl methyl sites for hydroxylation is 1. The average Bonchev–Trinajstić information content (AvgIpc) is 2.50. The van der Waals surface area contributed by atoms with Crippen molar-refractivity contribution in [1.29, 1.82) is 0 Å². The Hall–Kier alpha value is -2.08. The van der Waals surface area contributed by atoms with E-state index in [1.54, 1.807) is 0 Å². The molecule has 0 aromatic heterocycles. The van der Waals surface area contributed by atoms with Crippen molar-refractivity contribution in [2.24, 2.45) is 5.73 Å². The third-order valence-electron chi connectivity index (χ3n) is 2.81. The molecule has 0 radical (unpaired) electrons. The van der Waals surface area contributed by atoms with E-state index in [1.807, 2.05) is 31.2 Å². The quantitative estimate of drug-likeness (QED) is 0.573. The molecule has 0 saturated heterocycles. The first kappa shape index (κ1) is 17.0. The lowest BCUT2D eigenvalue weighted by Crippen LogP contribution is -2.39. The number of carbonyl (C=O) groups excluding carboxylic acids is 2. The summed E-state index contributed by atoms with van der Waals surface area (Å²) < 4.78 is 5.58. The van der Waals surface area contributed by atoms with E-state index in [2.05, 4.69) is 10.6 Å². The number of hydrogen-bond acceptors (Lipinski definition) is 4. The van der Waals surface area contributed by atoms with Gasteiger partial charge in [-0.2, -0.15) is 0 Å². The summed E-state index contributed by atoms with van der Waals surface area (Å²) >= 11 is 0. The SMILES string of the molecule is Cc1ccc(OCCCCNC(=O)CNC(=O)CN)cc1. The van der Waals surface area contributed by atoms with Crippen LogP contribution in [0.2, 0.25) is 0 Å². The van der Waals surface area contributed by atoms with Crippen LogP contribution < -0.4 is 21.1 Å². The molecule has 0 aliphatic carbocycles. The van der Waals surface area contributed by atoms with Crippen LogP contribution in [0.5, 0.6) is 5.75 Å². The molecule has 21 heavy (non-hydrogen) atoms. The van der Waals surface area contributed by atoms with Crippen molar-refractivity contribution >= 4 is 11.8 Å². The maximum atomic E-state index is 11.4. The zero-order valence-corrected chi connectivity index (χ0v) is 12.4. The number of unbranched alkanes of at least 4 members (excludes halogenated alkanes) is 1. The number of amides is 2. The Morgan fingerprint density at radius 2 is 1.81 bits per heavy atom. The van der Waals surface area contributed by atoms with E-state index >= 15 is 0 Å². The second-order valence-corrected chi connectivity index (χ2v) is 4.70. The van der Waals surface area contributed by atoms with Crippen LogP contribution in [0, 0.1) is 6.92 Å². The fourth-order valence-electron chi connectivity index (χ4n) is 1.59. The van der Waals surface area contributed by atoms with Crippen molar-refractivity contribution < 1.29 is 14.3 Å². The molecule has 4 N–H and O–H groups in total. The van der Waals surface area contributed by atoms with Crippen LogP contribution in [0.4, 0.5) is 0 Å². The number of nitrogens with one attached hydrogen (secondary N) is 2. The topological polar surface area (TPSA) is 93.5 Å². The summed E-state index contributed by atoms with van der Waals surface area (Å²) in [4.78, 5) is 22.2. The Labute approximate surface area is 125 Å². The Kier molecular flexibility index (Phi) is 7.89. The van der Waals surface area contributed by atoms with Crippen LogP contribution >= 0.6 is 0 Å². The lowest BCUT2D eigenvalue weighted by molar-refractivity contribution is -0.125. The lowest BCUT2D eigenvalue weighted by Gasteiger charge is -2.08. The lowest BCUT2D eigenvalue weighted by atomic mass is 10.2. The second kappa shape index (κ2) is 9.77. The molecule has 0 atom stereocenters. The van der Waals surface area contributed by atoms with Crippen LogP contribution in [-0.2, 0) is 9.59 Å². The van der Waals surface area contributed by atoms with Gasteiger partial charge in [0.1, 0.15) is 5.75 Å². The van der Waals surface area contributed by atoms with Crippen molar-refractivity contribution in [3.05, 3.63) is 29.8 Å². The zero-order valence-electron chi connectivity index (χ0n) is 12.4. The Bertz CT molecular complexity index is 446. The first-order valence-corrected chi connectivity index (χ1v) is 7.04. The monoisotopic (exact) mass is 293 g/mol. The molecule has 1 rings (SSSR count). The molecular weight excluding hydrogens is 270 g/mol. The molecule has 1 aromatic rings. The predicted octanol–water partition coefficient (Wildman–Crippen LogP) is 0.345. The van der Waals surface area contributed by atoms with Gasteiger partial charge in [0.25, 0.3) is 0 Å². The smallest absolute Gasteiger partial charge is 0.239 e. The molecule has 1 aromatic carbocycles. The maximum absolute atomic E-state index is 11.4. The van der Waals surface area contributed by atoms with E-state index in [0.717, 1.165) is 18.6 Å². The maximum Gasteiger partial charge on any atom is 0.239 e. The summed E-state index contributed by atoms with van der Waals surface area (Å²) in [6, 6.07) is 7.89. The van der Waals surface area contributed by atoms with E-state index in [1.165, 1.54) is 5.56 Å². The summed E-state index contributed by atoms with van der Waals surface area (Å²) in [7, 11) is 0. The Morgan fingerprint density at radius 3 is 2.48 bits per heavy atom. The highest BCUT2D eigenvalue weighted by atomic mass is 16.5. The first-order chi connectivity index (χ1) is 10.1. The van der Waals surface area contributed by atoms with Crippen molar-refractivity contribution in [2.75, 3.05) is 26.2 Å². The van der Waals surface area contributed by atoms with Gasteiger partial charge in [-0.1, -0.05) is 17.7 Å². The van der Waals surface area contributed by atoms with Gasteiger partial charge in [-0.05, 0) is 31.9 Å². The summed E-state index contributed by atoms with van der Waals surface area (Å²) in [6.45, 7) is 3.07. The van der Waals surface area contributed by atoms with E-state index in [-0.39, 0.29) is 24.9 Å². The minimum absolute atomic E-state index is 0.0318. The van der Waals surface area contributed by atoms with Crippen molar-refractivity contribution in [3.63, 3.8) is 0 Å². The molecule has 6 nitrogen and oxygen atoms in total. The highest BCUT2D eigenvalue weighted by Crippen LogP contribution is 2.11. The van der Waals surface area contributed by atoms with Crippen molar-refractivity contribution in [1.82, 2.24) is 10.6 Å². The fraction of sp³-hybridized carbons (Fsp3) is 0.467. The van der Waals surface area contributed by atoms with Gasteiger partial charge in [0.2, 0.25) is 11.8 Å². The predicted molar refractivity (Wildman–Crippen MR) is 81.0 cm³/mol. The summed E-state index contributed by atoms with van der Waals surface area (Å²) in [5.74, 6) is 0.307. The summed E-state index contributed by atoms with van der Waals surface area (Å²) in [5, 5.41) is 5.13. The molecule has 116 valence electrons. The van der Waals surface area contributed by atoms with Gasteiger partial charge in [0.15, 0.2) is 0 Å². The number of benzene rings is 1. The van der Waals surface area contributed by atoms with E-state index in [0.29, 0.717) is 13.2 Å². The van der Waals surface area contributed by atoms with Crippen molar-refractivity contribution in [3.8, 4) is 5.75 Å². The molecule has 0 spiro atoms. The molecule has 2 amide bonds. The second-order valence-electron chi connectivity index (χ2n) is 4.70. The van der Waals surface area contributed by atoms with Gasteiger partial charge in [-0.3, -0.25) is 9.59 Å². The molecule has 0 fully saturated rings. The molecule has 6 heteroatoms. The number of carbonyl (C=O) groups is 2. The normalized spacial score (nSPS) is 10.0. The Morgan fingerprint density at radius 1 is 1.10 bits per heavy atom. The average molecular weight is 293 g/mol. The van der Waals surface area contributed by atoms with Gasteiger partial charge < -0.3 is 21.1 Å².